The number of benzene rings is 2. The normalized spacial score (nSPS) is 15.7. The van der Waals surface area contributed by atoms with Crippen molar-refractivity contribution in [2.24, 2.45) is 5.41 Å². The Morgan fingerprint density at radius 3 is 2.29 bits per heavy atom. The Balaban J connectivity index is 1.95. The molecular formula is C31H37Cl2N. The molecule has 1 nitrogen and oxygen atoms in total. The van der Waals surface area contributed by atoms with Gasteiger partial charge in [0.1, 0.15) is 0 Å². The second kappa shape index (κ2) is 11.0. The molecule has 0 amide bonds. The highest BCUT2D eigenvalue weighted by Crippen LogP contribution is 2.35. The van der Waals surface area contributed by atoms with Gasteiger partial charge in [-0.2, -0.15) is 0 Å². The van der Waals surface area contributed by atoms with E-state index in [-0.39, 0.29) is 10.8 Å². The summed E-state index contributed by atoms with van der Waals surface area (Å²) in [6, 6.07) is 12.9. The quantitative estimate of drug-likeness (QED) is 0.285. The Hall–Kier alpha value is -2.22. The summed E-state index contributed by atoms with van der Waals surface area (Å²) in [5.74, 6) is 0. The van der Waals surface area contributed by atoms with E-state index in [0.29, 0.717) is 0 Å². The number of piperidine rings is 1. The van der Waals surface area contributed by atoms with E-state index in [1.54, 1.807) is 0 Å². The predicted octanol–water partition coefficient (Wildman–Crippen LogP) is 9.55. The summed E-state index contributed by atoms with van der Waals surface area (Å²) in [7, 11) is 0. The van der Waals surface area contributed by atoms with Crippen molar-refractivity contribution in [3.63, 3.8) is 0 Å². The van der Waals surface area contributed by atoms with E-state index in [0.717, 1.165) is 70.1 Å². The van der Waals surface area contributed by atoms with Gasteiger partial charge in [-0.25, -0.2) is 0 Å². The average molecular weight is 495 g/mol. The highest BCUT2D eigenvalue weighted by atomic mass is 35.5. The average Bonchev–Trinajstić information content (AvgIpc) is 2.77. The summed E-state index contributed by atoms with van der Waals surface area (Å²) in [5.41, 5.74) is 8.82. The number of allylic oxidation sites excluding steroid dienone is 5. The molecule has 0 saturated carbocycles. The molecule has 1 aliphatic heterocycles. The van der Waals surface area contributed by atoms with Crippen molar-refractivity contribution >= 4 is 34.5 Å². The molecule has 2 aromatic carbocycles. The number of hydrogen-bond acceptors (Lipinski definition) is 1. The molecule has 0 spiro atoms. The summed E-state index contributed by atoms with van der Waals surface area (Å²) in [5, 5.41) is 1.01. The maximum absolute atomic E-state index is 6.84. The van der Waals surface area contributed by atoms with Crippen LogP contribution < -0.4 is 0 Å². The lowest BCUT2D eigenvalue weighted by molar-refractivity contribution is 0.330. The van der Waals surface area contributed by atoms with Gasteiger partial charge in [-0.1, -0.05) is 88.0 Å². The third-order valence-electron chi connectivity index (χ3n) is 6.47. The predicted molar refractivity (Wildman–Crippen MR) is 152 cm³/mol. The third-order valence-corrected chi connectivity index (χ3v) is 7.22. The maximum atomic E-state index is 6.84. The monoisotopic (exact) mass is 493 g/mol. The van der Waals surface area contributed by atoms with Gasteiger partial charge in [-0.15, -0.1) is 11.6 Å². The van der Waals surface area contributed by atoms with Gasteiger partial charge in [0.15, 0.2) is 0 Å². The topological polar surface area (TPSA) is 3.24 Å². The fourth-order valence-corrected chi connectivity index (χ4v) is 4.63. The highest BCUT2D eigenvalue weighted by molar-refractivity contribution is 6.33. The lowest BCUT2D eigenvalue weighted by Gasteiger charge is -2.32. The van der Waals surface area contributed by atoms with Crippen LogP contribution in [0.25, 0.3) is 22.4 Å². The Bertz CT molecular complexity index is 1120. The van der Waals surface area contributed by atoms with Gasteiger partial charge in [-0.05, 0) is 77.6 Å². The van der Waals surface area contributed by atoms with Crippen molar-refractivity contribution in [3.8, 4) is 11.1 Å². The Morgan fingerprint density at radius 1 is 1.03 bits per heavy atom. The fourth-order valence-electron chi connectivity index (χ4n) is 4.15. The molecule has 1 heterocycles. The van der Waals surface area contributed by atoms with Crippen molar-refractivity contribution in [1.29, 1.82) is 0 Å². The molecule has 0 N–H and O–H groups in total. The number of aryl methyl sites for hydroxylation is 1. The Labute approximate surface area is 216 Å². The van der Waals surface area contributed by atoms with E-state index in [1.165, 1.54) is 5.56 Å². The third kappa shape index (κ3) is 6.46. The molecule has 1 aliphatic rings. The molecule has 34 heavy (non-hydrogen) atoms. The smallest absolute Gasteiger partial charge is 0.0491 e. The van der Waals surface area contributed by atoms with Gasteiger partial charge in [0.2, 0.25) is 0 Å². The van der Waals surface area contributed by atoms with Gasteiger partial charge in [0.05, 0.1) is 0 Å². The van der Waals surface area contributed by atoms with E-state index in [4.69, 9.17) is 23.2 Å². The number of hydrogen-bond donors (Lipinski definition) is 0. The lowest BCUT2D eigenvalue weighted by atomic mass is 9.85. The molecule has 0 aliphatic carbocycles. The van der Waals surface area contributed by atoms with E-state index in [1.807, 2.05) is 13.0 Å². The largest absolute Gasteiger partial charge is 0.371 e. The number of nitrogens with zero attached hydrogens (tertiary/aromatic N) is 1. The first-order valence-electron chi connectivity index (χ1n) is 12.0. The molecule has 3 heteroatoms. The van der Waals surface area contributed by atoms with Gasteiger partial charge in [0, 0.05) is 34.7 Å². The van der Waals surface area contributed by atoms with Crippen molar-refractivity contribution in [3.05, 3.63) is 95.1 Å². The van der Waals surface area contributed by atoms with Crippen LogP contribution in [-0.2, 0) is 0 Å². The van der Waals surface area contributed by atoms with Crippen molar-refractivity contribution in [1.82, 2.24) is 4.90 Å². The zero-order valence-electron chi connectivity index (χ0n) is 21.2. The van der Waals surface area contributed by atoms with Gasteiger partial charge < -0.3 is 4.90 Å². The van der Waals surface area contributed by atoms with Crippen molar-refractivity contribution in [2.45, 2.75) is 52.8 Å². The van der Waals surface area contributed by atoms with Crippen LogP contribution in [0.3, 0.4) is 0 Å². The SMILES string of the molecule is C=C(c1ccc(-c2cc(C)cc(C(/C=C\C)=C/C(=C)C(C)(C)C)c2)c(Cl)c1)N1CCC(Cl)CC1. The standard InChI is InChI=1S/C31H37Cl2N/c1-8-9-25(18-22(3)31(5,6)7)26-16-21(2)17-27(19-26)29-11-10-24(20-30(29)33)23(4)34-14-12-28(32)13-15-34/h8-11,16-20,28H,3-4,12-15H2,1-2,5-7H3/b9-8-,25-18+. The van der Waals surface area contributed by atoms with Crippen LogP contribution in [0.4, 0.5) is 0 Å². The van der Waals surface area contributed by atoms with Crippen molar-refractivity contribution in [2.75, 3.05) is 13.1 Å². The minimum absolute atomic E-state index is 0.0139. The number of rotatable bonds is 6. The van der Waals surface area contributed by atoms with Crippen LogP contribution >= 0.6 is 23.2 Å². The summed E-state index contributed by atoms with van der Waals surface area (Å²) in [4.78, 5) is 2.31. The molecule has 0 atom stereocenters. The molecule has 0 radical (unpaired) electrons. The number of halogens is 2. The second-order valence-corrected chi connectivity index (χ2v) is 11.3. The summed E-state index contributed by atoms with van der Waals surface area (Å²) < 4.78 is 0. The Kier molecular flexibility index (Phi) is 8.55. The van der Waals surface area contributed by atoms with Gasteiger partial charge in [0.25, 0.3) is 0 Å². The highest BCUT2D eigenvalue weighted by Gasteiger charge is 2.20. The molecule has 0 bridgehead atoms. The van der Waals surface area contributed by atoms with Crippen LogP contribution in [0, 0.1) is 12.3 Å². The molecule has 2 aromatic rings. The first kappa shape index (κ1) is 26.4. The first-order valence-corrected chi connectivity index (χ1v) is 12.8. The van der Waals surface area contributed by atoms with Gasteiger partial charge in [-0.3, -0.25) is 0 Å². The van der Waals surface area contributed by atoms with Crippen LogP contribution in [0.2, 0.25) is 5.02 Å². The molecular weight excluding hydrogens is 457 g/mol. The van der Waals surface area contributed by atoms with E-state index in [2.05, 4.69) is 94.3 Å². The molecule has 0 unspecified atom stereocenters. The molecule has 3 rings (SSSR count). The van der Waals surface area contributed by atoms with Crippen LogP contribution in [0.1, 0.15) is 57.2 Å². The molecule has 180 valence electrons. The molecule has 1 saturated heterocycles. The molecule has 0 aromatic heterocycles. The number of likely N-dealkylation sites (tertiary alicyclic amines) is 1. The Morgan fingerprint density at radius 2 is 1.71 bits per heavy atom. The summed E-state index contributed by atoms with van der Waals surface area (Å²) in [6.45, 7) is 21.3. The number of alkyl halides is 1. The van der Waals surface area contributed by atoms with Crippen LogP contribution in [-0.4, -0.2) is 23.4 Å². The zero-order chi connectivity index (χ0) is 25.0. The maximum Gasteiger partial charge on any atom is 0.0491 e. The van der Waals surface area contributed by atoms with E-state index in [9.17, 15) is 0 Å². The minimum Gasteiger partial charge on any atom is -0.371 e. The summed E-state index contributed by atoms with van der Waals surface area (Å²) in [6.07, 6.45) is 8.39. The minimum atomic E-state index is 0.0139. The van der Waals surface area contributed by atoms with E-state index < -0.39 is 0 Å². The van der Waals surface area contributed by atoms with Crippen molar-refractivity contribution < 1.29 is 0 Å². The molecule has 1 fully saturated rings. The summed E-state index contributed by atoms with van der Waals surface area (Å²) >= 11 is 13.1. The van der Waals surface area contributed by atoms with E-state index >= 15 is 0 Å². The second-order valence-electron chi connectivity index (χ2n) is 10.3. The van der Waals surface area contributed by atoms with Gasteiger partial charge >= 0.3 is 0 Å². The fraction of sp³-hybridized carbons (Fsp3) is 0.355. The van der Waals surface area contributed by atoms with Crippen LogP contribution in [0.5, 0.6) is 0 Å². The van der Waals surface area contributed by atoms with Crippen LogP contribution in [0.15, 0.2) is 73.4 Å². The zero-order valence-corrected chi connectivity index (χ0v) is 22.7. The first-order chi connectivity index (χ1) is 16.0. The lowest BCUT2D eigenvalue weighted by Crippen LogP contribution is -2.32.